The third-order valence-corrected chi connectivity index (χ3v) is 6.39. The number of hydrogen-bond donors (Lipinski definition) is 2. The zero-order chi connectivity index (χ0) is 20.9. The molecule has 0 aliphatic carbocycles. The van der Waals surface area contributed by atoms with Gasteiger partial charge in [-0.1, -0.05) is 18.2 Å². The number of hydrogen-bond acceptors (Lipinski definition) is 6. The van der Waals surface area contributed by atoms with Crippen molar-refractivity contribution in [2.24, 2.45) is 0 Å². The number of nitrogens with one attached hydrogen (secondary N) is 2. The molecule has 3 rings (SSSR count). The lowest BCUT2D eigenvalue weighted by atomic mass is 10.2. The highest BCUT2D eigenvalue weighted by Crippen LogP contribution is 2.21. The molecule has 0 radical (unpaired) electrons. The van der Waals surface area contributed by atoms with Crippen LogP contribution in [-0.2, 0) is 21.2 Å². The van der Waals surface area contributed by atoms with E-state index in [1.807, 2.05) is 43.3 Å². The summed E-state index contributed by atoms with van der Waals surface area (Å²) < 4.78 is 27.1. The summed E-state index contributed by atoms with van der Waals surface area (Å²) in [6.45, 7) is 0. The first-order valence-electron chi connectivity index (χ1n) is 8.93. The van der Waals surface area contributed by atoms with Gasteiger partial charge in [-0.2, -0.15) is 0 Å². The number of amides is 1. The summed E-state index contributed by atoms with van der Waals surface area (Å²) >= 11 is 1.19. The van der Waals surface area contributed by atoms with E-state index in [1.165, 1.54) is 23.5 Å². The summed E-state index contributed by atoms with van der Waals surface area (Å²) in [5, 5.41) is 4.88. The molecule has 0 unspecified atom stereocenters. The normalized spacial score (nSPS) is 11.1. The lowest BCUT2D eigenvalue weighted by Gasteiger charge is -2.13. The first kappa shape index (κ1) is 20.8. The van der Waals surface area contributed by atoms with Gasteiger partial charge in [0, 0.05) is 37.3 Å². The van der Waals surface area contributed by atoms with Gasteiger partial charge in [-0.05, 0) is 42.8 Å². The quantitative estimate of drug-likeness (QED) is 0.570. The van der Waals surface area contributed by atoms with E-state index >= 15 is 0 Å². The molecule has 0 saturated carbocycles. The van der Waals surface area contributed by atoms with Crippen LogP contribution in [0, 0.1) is 0 Å². The first-order chi connectivity index (χ1) is 13.8. The molecule has 9 heteroatoms. The predicted molar refractivity (Wildman–Crippen MR) is 117 cm³/mol. The molecule has 0 saturated heterocycles. The van der Waals surface area contributed by atoms with E-state index < -0.39 is 10.0 Å². The van der Waals surface area contributed by atoms with E-state index in [-0.39, 0.29) is 22.4 Å². The minimum atomic E-state index is -3.67. The number of benzene rings is 2. The summed E-state index contributed by atoms with van der Waals surface area (Å²) in [4.78, 5) is 18.6. The van der Waals surface area contributed by atoms with Gasteiger partial charge in [-0.15, -0.1) is 11.3 Å². The van der Waals surface area contributed by atoms with Crippen molar-refractivity contribution in [2.45, 2.75) is 17.7 Å². The van der Waals surface area contributed by atoms with Gasteiger partial charge in [-0.25, -0.2) is 13.4 Å². The second-order valence-corrected chi connectivity index (χ2v) is 9.09. The van der Waals surface area contributed by atoms with Gasteiger partial charge in [-0.3, -0.25) is 9.52 Å². The van der Waals surface area contributed by atoms with E-state index in [1.54, 1.807) is 23.6 Å². The number of rotatable bonds is 8. The minimum absolute atomic E-state index is 0.123. The Kier molecular flexibility index (Phi) is 6.50. The molecule has 1 aromatic heterocycles. The Bertz CT molecular complexity index is 1060. The molecule has 0 aliphatic heterocycles. The highest BCUT2D eigenvalue weighted by Gasteiger charge is 2.16. The van der Waals surface area contributed by atoms with Crippen molar-refractivity contribution in [3.05, 3.63) is 65.7 Å². The van der Waals surface area contributed by atoms with Gasteiger partial charge in [0.1, 0.15) is 0 Å². The number of anilines is 3. The van der Waals surface area contributed by atoms with Gasteiger partial charge in [0.2, 0.25) is 5.91 Å². The standard InChI is InChI=1S/C20H22N4O3S2/c1-24(2)17-11-8-15(9-12-17)21-19(25)13-10-16-14-28-20(22-16)23-29(26,27)18-6-4-3-5-7-18/h3-9,11-12,14H,10,13H2,1-2H3,(H,21,25)(H,22,23). The van der Waals surface area contributed by atoms with Crippen molar-refractivity contribution >= 4 is 43.8 Å². The Balaban J connectivity index is 1.53. The summed E-state index contributed by atoms with van der Waals surface area (Å²) in [6, 6.07) is 15.7. The monoisotopic (exact) mass is 430 g/mol. The van der Waals surface area contributed by atoms with Crippen molar-refractivity contribution in [3.63, 3.8) is 0 Å². The maximum atomic E-state index is 12.3. The summed E-state index contributed by atoms with van der Waals surface area (Å²) in [5.41, 5.74) is 2.45. The molecule has 2 aromatic carbocycles. The molecule has 1 heterocycles. The molecule has 0 spiro atoms. The molecule has 29 heavy (non-hydrogen) atoms. The largest absolute Gasteiger partial charge is 0.378 e. The number of nitrogens with zero attached hydrogens (tertiary/aromatic N) is 2. The topological polar surface area (TPSA) is 91.4 Å². The number of aromatic nitrogens is 1. The van der Waals surface area contributed by atoms with Crippen molar-refractivity contribution in [2.75, 3.05) is 29.0 Å². The second kappa shape index (κ2) is 9.06. The van der Waals surface area contributed by atoms with Gasteiger partial charge in [0.25, 0.3) is 10.0 Å². The maximum Gasteiger partial charge on any atom is 0.263 e. The summed E-state index contributed by atoms with van der Waals surface area (Å²) in [5.74, 6) is -0.123. The van der Waals surface area contributed by atoms with Gasteiger partial charge in [0.15, 0.2) is 5.13 Å². The minimum Gasteiger partial charge on any atom is -0.378 e. The molecule has 2 N–H and O–H groups in total. The summed E-state index contributed by atoms with van der Waals surface area (Å²) in [7, 11) is 0.242. The molecule has 152 valence electrons. The van der Waals surface area contributed by atoms with Crippen molar-refractivity contribution in [3.8, 4) is 0 Å². The second-order valence-electron chi connectivity index (χ2n) is 6.55. The Labute approximate surface area is 174 Å². The summed E-state index contributed by atoms with van der Waals surface area (Å²) in [6.07, 6.45) is 0.676. The maximum absolute atomic E-state index is 12.3. The van der Waals surface area contributed by atoms with E-state index in [0.717, 1.165) is 11.4 Å². The fourth-order valence-corrected chi connectivity index (χ4v) is 4.57. The Hall–Kier alpha value is -2.91. The number of aryl methyl sites for hydroxylation is 1. The highest BCUT2D eigenvalue weighted by molar-refractivity contribution is 7.93. The molecular formula is C20H22N4O3S2. The van der Waals surface area contributed by atoms with Gasteiger partial charge < -0.3 is 10.2 Å². The Morgan fingerprint density at radius 1 is 1.07 bits per heavy atom. The average Bonchev–Trinajstić information content (AvgIpc) is 3.14. The molecular weight excluding hydrogens is 408 g/mol. The molecule has 1 amide bonds. The van der Waals surface area contributed by atoms with Crippen molar-refractivity contribution in [1.82, 2.24) is 4.98 Å². The zero-order valence-corrected chi connectivity index (χ0v) is 17.8. The fourth-order valence-electron chi connectivity index (χ4n) is 2.55. The number of carbonyl (C=O) groups excluding carboxylic acids is 1. The highest BCUT2D eigenvalue weighted by atomic mass is 32.2. The molecule has 0 bridgehead atoms. The van der Waals surface area contributed by atoms with Crippen LogP contribution in [0.1, 0.15) is 12.1 Å². The Morgan fingerprint density at radius 2 is 1.76 bits per heavy atom. The van der Waals surface area contributed by atoms with Crippen molar-refractivity contribution < 1.29 is 13.2 Å². The molecule has 0 aliphatic rings. The van der Waals surface area contributed by atoms with Crippen LogP contribution in [0.4, 0.5) is 16.5 Å². The van der Waals surface area contributed by atoms with Crippen molar-refractivity contribution in [1.29, 1.82) is 0 Å². The lowest BCUT2D eigenvalue weighted by molar-refractivity contribution is -0.116. The van der Waals surface area contributed by atoms with E-state index in [2.05, 4.69) is 15.0 Å². The zero-order valence-electron chi connectivity index (χ0n) is 16.1. The molecule has 0 fully saturated rings. The van der Waals surface area contributed by atoms with Crippen LogP contribution in [0.2, 0.25) is 0 Å². The first-order valence-corrected chi connectivity index (χ1v) is 11.3. The van der Waals surface area contributed by atoms with Crippen LogP contribution in [0.3, 0.4) is 0 Å². The van der Waals surface area contributed by atoms with E-state index in [4.69, 9.17) is 0 Å². The SMILES string of the molecule is CN(C)c1ccc(NC(=O)CCc2csc(NS(=O)(=O)c3ccccc3)n2)cc1. The van der Waals surface area contributed by atoms with E-state index in [0.29, 0.717) is 12.1 Å². The van der Waals surface area contributed by atoms with Gasteiger partial charge >= 0.3 is 0 Å². The number of thiazole rings is 1. The predicted octanol–water partition coefficient (Wildman–Crippen LogP) is 3.58. The molecule has 7 nitrogen and oxygen atoms in total. The molecule has 3 aromatic rings. The lowest BCUT2D eigenvalue weighted by Crippen LogP contribution is -2.14. The van der Waals surface area contributed by atoms with Gasteiger partial charge in [0.05, 0.1) is 10.6 Å². The third kappa shape index (κ3) is 5.78. The van der Waals surface area contributed by atoms with E-state index in [9.17, 15) is 13.2 Å². The van der Waals surface area contributed by atoms with Crippen LogP contribution in [-0.4, -0.2) is 33.4 Å². The number of carbonyl (C=O) groups is 1. The third-order valence-electron chi connectivity index (χ3n) is 4.10. The average molecular weight is 431 g/mol. The van der Waals surface area contributed by atoms with Crippen LogP contribution in [0.15, 0.2) is 64.9 Å². The van der Waals surface area contributed by atoms with Crippen LogP contribution in [0.25, 0.3) is 0 Å². The number of sulfonamides is 1. The smallest absolute Gasteiger partial charge is 0.263 e. The van der Waals surface area contributed by atoms with Crippen LogP contribution < -0.4 is 14.9 Å². The van der Waals surface area contributed by atoms with Crippen LogP contribution in [0.5, 0.6) is 0 Å². The molecule has 0 atom stereocenters. The van der Waals surface area contributed by atoms with Crippen LogP contribution >= 0.6 is 11.3 Å². The Morgan fingerprint density at radius 3 is 2.41 bits per heavy atom. The fraction of sp³-hybridized carbons (Fsp3) is 0.200.